The van der Waals surface area contributed by atoms with Crippen LogP contribution in [0.25, 0.3) is 0 Å². The fourth-order valence-corrected chi connectivity index (χ4v) is 2.25. The zero-order chi connectivity index (χ0) is 15.1. The predicted molar refractivity (Wildman–Crippen MR) is 82.2 cm³/mol. The molecule has 0 radical (unpaired) electrons. The molecule has 1 aromatic rings. The van der Waals surface area contributed by atoms with E-state index in [-0.39, 0.29) is 5.28 Å². The Labute approximate surface area is 130 Å². The van der Waals surface area contributed by atoms with Gasteiger partial charge in [-0.15, -0.1) is 0 Å². The van der Waals surface area contributed by atoms with Gasteiger partial charge in [0.25, 0.3) is 0 Å². The molecule has 118 valence electrons. The number of aromatic nitrogens is 3. The molecule has 21 heavy (non-hydrogen) atoms. The van der Waals surface area contributed by atoms with Gasteiger partial charge in [-0.05, 0) is 25.4 Å². The molecular weight excluding hydrogens is 294 g/mol. The summed E-state index contributed by atoms with van der Waals surface area (Å²) >= 11 is 6.05. The van der Waals surface area contributed by atoms with Gasteiger partial charge >= 0.3 is 0 Å². The van der Waals surface area contributed by atoms with E-state index in [0.717, 1.165) is 26.2 Å². The van der Waals surface area contributed by atoms with Crippen LogP contribution in [0.1, 0.15) is 13.8 Å². The molecular formula is C13H22ClN5O2. The first-order valence-corrected chi connectivity index (χ1v) is 7.69. The normalized spacial score (nSPS) is 15.3. The molecule has 0 atom stereocenters. The van der Waals surface area contributed by atoms with Crippen molar-refractivity contribution in [2.45, 2.75) is 13.8 Å². The Kier molecular flexibility index (Phi) is 6.41. The second-order valence-electron chi connectivity index (χ2n) is 4.58. The van der Waals surface area contributed by atoms with Gasteiger partial charge in [-0.3, -0.25) is 0 Å². The van der Waals surface area contributed by atoms with Crippen LogP contribution in [0.5, 0.6) is 0 Å². The van der Waals surface area contributed by atoms with Gasteiger partial charge in [-0.1, -0.05) is 0 Å². The SMILES string of the molecule is CCOCCN(CC)c1nc(Cl)nc(N2CCOCC2)n1. The van der Waals surface area contributed by atoms with Crippen LogP contribution in [0.15, 0.2) is 0 Å². The second-order valence-corrected chi connectivity index (χ2v) is 4.92. The maximum absolute atomic E-state index is 6.05. The lowest BCUT2D eigenvalue weighted by Crippen LogP contribution is -2.38. The summed E-state index contributed by atoms with van der Waals surface area (Å²) in [6, 6.07) is 0. The molecule has 0 bridgehead atoms. The summed E-state index contributed by atoms with van der Waals surface area (Å²) < 4.78 is 10.7. The number of ether oxygens (including phenoxy) is 2. The van der Waals surface area contributed by atoms with E-state index in [1.807, 2.05) is 11.8 Å². The minimum Gasteiger partial charge on any atom is -0.380 e. The number of hydrogen-bond donors (Lipinski definition) is 0. The van der Waals surface area contributed by atoms with Crippen molar-refractivity contribution in [2.24, 2.45) is 0 Å². The molecule has 8 heteroatoms. The van der Waals surface area contributed by atoms with E-state index in [9.17, 15) is 0 Å². The largest absolute Gasteiger partial charge is 0.380 e. The highest BCUT2D eigenvalue weighted by atomic mass is 35.5. The minimum absolute atomic E-state index is 0.219. The molecule has 0 amide bonds. The van der Waals surface area contributed by atoms with Gasteiger partial charge in [0.2, 0.25) is 17.2 Å². The Morgan fingerprint density at radius 1 is 1.24 bits per heavy atom. The Balaban J connectivity index is 2.12. The van der Waals surface area contributed by atoms with Crippen LogP contribution in [0.2, 0.25) is 5.28 Å². The van der Waals surface area contributed by atoms with Crippen molar-refractivity contribution >= 4 is 23.5 Å². The molecule has 1 fully saturated rings. The topological polar surface area (TPSA) is 63.6 Å². The molecule has 0 unspecified atom stereocenters. The summed E-state index contributed by atoms with van der Waals surface area (Å²) in [5, 5.41) is 0.219. The summed E-state index contributed by atoms with van der Waals surface area (Å²) in [4.78, 5) is 17.1. The molecule has 0 spiro atoms. The minimum atomic E-state index is 0.219. The monoisotopic (exact) mass is 315 g/mol. The van der Waals surface area contributed by atoms with Gasteiger partial charge in [0, 0.05) is 32.8 Å². The van der Waals surface area contributed by atoms with Gasteiger partial charge in [0.05, 0.1) is 19.8 Å². The first-order chi connectivity index (χ1) is 10.2. The third-order valence-corrected chi connectivity index (χ3v) is 3.42. The standard InChI is InChI=1S/C13H22ClN5O2/c1-3-18(5-8-20-4-2)12-15-11(14)16-13(17-12)19-6-9-21-10-7-19/h3-10H2,1-2H3. The lowest BCUT2D eigenvalue weighted by molar-refractivity contribution is 0.122. The molecule has 0 N–H and O–H groups in total. The summed E-state index contributed by atoms with van der Waals surface area (Å²) in [7, 11) is 0. The first-order valence-electron chi connectivity index (χ1n) is 7.31. The summed E-state index contributed by atoms with van der Waals surface area (Å²) in [6.07, 6.45) is 0. The first kappa shape index (κ1) is 16.2. The Hall–Kier alpha value is -1.18. The number of likely N-dealkylation sites (N-methyl/N-ethyl adjacent to an activating group) is 1. The highest BCUT2D eigenvalue weighted by molar-refractivity contribution is 6.28. The van der Waals surface area contributed by atoms with Crippen molar-refractivity contribution in [3.63, 3.8) is 0 Å². The molecule has 1 saturated heterocycles. The number of morpholine rings is 1. The van der Waals surface area contributed by atoms with Gasteiger partial charge in [0.15, 0.2) is 0 Å². The van der Waals surface area contributed by atoms with E-state index in [1.54, 1.807) is 0 Å². The zero-order valence-corrected chi connectivity index (χ0v) is 13.3. The van der Waals surface area contributed by atoms with Gasteiger partial charge in [0.1, 0.15) is 0 Å². The molecule has 2 heterocycles. The Morgan fingerprint density at radius 3 is 2.67 bits per heavy atom. The maximum atomic E-state index is 6.05. The van der Waals surface area contributed by atoms with Crippen molar-refractivity contribution in [3.8, 4) is 0 Å². The van der Waals surface area contributed by atoms with E-state index < -0.39 is 0 Å². The smallest absolute Gasteiger partial charge is 0.231 e. The van der Waals surface area contributed by atoms with E-state index in [2.05, 4.69) is 26.8 Å². The van der Waals surface area contributed by atoms with E-state index in [1.165, 1.54) is 0 Å². The molecule has 1 aromatic heterocycles. The Bertz CT molecular complexity index is 443. The lowest BCUT2D eigenvalue weighted by atomic mass is 10.4. The maximum Gasteiger partial charge on any atom is 0.231 e. The van der Waals surface area contributed by atoms with Crippen LogP contribution in [-0.4, -0.2) is 67.6 Å². The van der Waals surface area contributed by atoms with Crippen LogP contribution in [0.3, 0.4) is 0 Å². The average Bonchev–Trinajstić information content (AvgIpc) is 2.52. The highest BCUT2D eigenvalue weighted by Gasteiger charge is 2.18. The number of anilines is 2. The van der Waals surface area contributed by atoms with Crippen molar-refractivity contribution in [1.29, 1.82) is 0 Å². The summed E-state index contributed by atoms with van der Waals surface area (Å²) in [6.45, 7) is 9.79. The van der Waals surface area contributed by atoms with Crippen LogP contribution >= 0.6 is 11.6 Å². The third kappa shape index (κ3) is 4.66. The van der Waals surface area contributed by atoms with Gasteiger partial charge in [-0.25, -0.2) is 0 Å². The predicted octanol–water partition coefficient (Wildman–Crippen LogP) is 1.22. The van der Waals surface area contributed by atoms with Crippen LogP contribution in [0, 0.1) is 0 Å². The quantitative estimate of drug-likeness (QED) is 0.701. The fourth-order valence-electron chi connectivity index (χ4n) is 2.09. The van der Waals surface area contributed by atoms with Gasteiger partial charge in [-0.2, -0.15) is 15.0 Å². The average molecular weight is 316 g/mol. The van der Waals surface area contributed by atoms with Crippen LogP contribution in [-0.2, 0) is 9.47 Å². The van der Waals surface area contributed by atoms with E-state index in [4.69, 9.17) is 21.1 Å². The molecule has 1 aliphatic rings. The van der Waals surface area contributed by atoms with Crippen LogP contribution in [0.4, 0.5) is 11.9 Å². The molecule has 0 aromatic carbocycles. The molecule has 1 aliphatic heterocycles. The molecule has 0 saturated carbocycles. The highest BCUT2D eigenvalue weighted by Crippen LogP contribution is 2.17. The molecule has 7 nitrogen and oxygen atoms in total. The number of halogens is 1. The molecule has 2 rings (SSSR count). The van der Waals surface area contributed by atoms with Crippen molar-refractivity contribution < 1.29 is 9.47 Å². The summed E-state index contributed by atoms with van der Waals surface area (Å²) in [5.74, 6) is 1.21. The summed E-state index contributed by atoms with van der Waals surface area (Å²) in [5.41, 5.74) is 0. The van der Waals surface area contributed by atoms with E-state index >= 15 is 0 Å². The Morgan fingerprint density at radius 2 is 2.00 bits per heavy atom. The van der Waals surface area contributed by atoms with E-state index in [0.29, 0.717) is 38.3 Å². The van der Waals surface area contributed by atoms with Crippen molar-refractivity contribution in [2.75, 3.05) is 62.4 Å². The van der Waals surface area contributed by atoms with Crippen molar-refractivity contribution in [1.82, 2.24) is 15.0 Å². The van der Waals surface area contributed by atoms with Crippen molar-refractivity contribution in [3.05, 3.63) is 5.28 Å². The second kappa shape index (κ2) is 8.31. The number of rotatable bonds is 7. The number of hydrogen-bond acceptors (Lipinski definition) is 7. The van der Waals surface area contributed by atoms with Crippen LogP contribution < -0.4 is 9.80 Å². The number of nitrogens with zero attached hydrogens (tertiary/aromatic N) is 5. The fraction of sp³-hybridized carbons (Fsp3) is 0.769. The lowest BCUT2D eigenvalue weighted by Gasteiger charge is -2.28. The molecule has 0 aliphatic carbocycles. The zero-order valence-electron chi connectivity index (χ0n) is 12.6. The van der Waals surface area contributed by atoms with Gasteiger partial charge < -0.3 is 19.3 Å². The third-order valence-electron chi connectivity index (χ3n) is 3.25.